The van der Waals surface area contributed by atoms with Crippen molar-refractivity contribution < 1.29 is 14.6 Å². The maximum absolute atomic E-state index is 10.5. The molecule has 0 aromatic heterocycles. The average molecular weight is 215 g/mol. The van der Waals surface area contributed by atoms with E-state index in [0.717, 1.165) is 45.5 Å². The van der Waals surface area contributed by atoms with Gasteiger partial charge in [0.2, 0.25) is 0 Å². The monoisotopic (exact) mass is 215 g/mol. The summed E-state index contributed by atoms with van der Waals surface area (Å²) in [5.41, 5.74) is 0. The van der Waals surface area contributed by atoms with Gasteiger partial charge in [-0.05, 0) is 38.3 Å². The number of likely N-dealkylation sites (tertiary alicyclic amines) is 1. The third-order valence-electron chi connectivity index (χ3n) is 2.91. The number of nitrogens with zero attached hydrogens (tertiary/aromatic N) is 1. The van der Waals surface area contributed by atoms with Crippen molar-refractivity contribution in [2.45, 2.75) is 25.7 Å². The summed E-state index contributed by atoms with van der Waals surface area (Å²) in [6, 6.07) is 0. The summed E-state index contributed by atoms with van der Waals surface area (Å²) in [6.07, 6.45) is 3.61. The Bertz CT molecular complexity index is 196. The zero-order chi connectivity index (χ0) is 11.1. The summed E-state index contributed by atoms with van der Waals surface area (Å²) >= 11 is 0. The second kappa shape index (κ2) is 6.80. The van der Waals surface area contributed by atoms with E-state index in [9.17, 15) is 4.79 Å². The third-order valence-corrected chi connectivity index (χ3v) is 2.91. The third kappa shape index (κ3) is 5.14. The van der Waals surface area contributed by atoms with Crippen molar-refractivity contribution in [3.8, 4) is 0 Å². The van der Waals surface area contributed by atoms with Gasteiger partial charge in [-0.1, -0.05) is 0 Å². The van der Waals surface area contributed by atoms with E-state index in [1.165, 1.54) is 0 Å². The standard InChI is InChI=1S/C11H21NO3/c1-15-7-3-2-5-12-6-4-10(9-12)8-11(13)14/h10H,2-9H2,1H3,(H,13,14). The molecule has 1 aliphatic rings. The number of ether oxygens (including phenoxy) is 1. The van der Waals surface area contributed by atoms with E-state index in [4.69, 9.17) is 9.84 Å². The summed E-state index contributed by atoms with van der Waals surface area (Å²) in [4.78, 5) is 12.9. The molecule has 1 unspecified atom stereocenters. The molecule has 1 aliphatic heterocycles. The number of carboxylic acid groups (broad SMARTS) is 1. The predicted octanol–water partition coefficient (Wildman–Crippen LogP) is 1.21. The highest BCUT2D eigenvalue weighted by Gasteiger charge is 2.23. The summed E-state index contributed by atoms with van der Waals surface area (Å²) < 4.78 is 4.98. The van der Waals surface area contributed by atoms with Crippen LogP contribution in [-0.4, -0.2) is 49.3 Å². The molecule has 1 atom stereocenters. The maximum atomic E-state index is 10.5. The first-order valence-electron chi connectivity index (χ1n) is 5.65. The minimum atomic E-state index is -0.666. The first kappa shape index (κ1) is 12.5. The van der Waals surface area contributed by atoms with Gasteiger partial charge in [-0.3, -0.25) is 4.79 Å². The topological polar surface area (TPSA) is 49.8 Å². The number of hydrogen-bond donors (Lipinski definition) is 1. The van der Waals surface area contributed by atoms with Crippen molar-refractivity contribution in [3.63, 3.8) is 0 Å². The van der Waals surface area contributed by atoms with E-state index in [2.05, 4.69) is 4.90 Å². The minimum Gasteiger partial charge on any atom is -0.481 e. The van der Waals surface area contributed by atoms with Crippen molar-refractivity contribution in [2.24, 2.45) is 5.92 Å². The largest absolute Gasteiger partial charge is 0.481 e. The molecule has 1 saturated heterocycles. The van der Waals surface area contributed by atoms with Crippen LogP contribution in [-0.2, 0) is 9.53 Å². The van der Waals surface area contributed by atoms with Crippen LogP contribution < -0.4 is 0 Å². The zero-order valence-corrected chi connectivity index (χ0v) is 9.45. The number of rotatable bonds is 7. The molecule has 0 aromatic carbocycles. The molecule has 4 nitrogen and oxygen atoms in total. The molecule has 1 N–H and O–H groups in total. The smallest absolute Gasteiger partial charge is 0.303 e. The molecule has 0 amide bonds. The number of methoxy groups -OCH3 is 1. The fourth-order valence-corrected chi connectivity index (χ4v) is 2.11. The van der Waals surface area contributed by atoms with Gasteiger partial charge < -0.3 is 14.7 Å². The average Bonchev–Trinajstić information content (AvgIpc) is 2.59. The molecule has 1 fully saturated rings. The Morgan fingerprint density at radius 1 is 1.53 bits per heavy atom. The zero-order valence-electron chi connectivity index (χ0n) is 9.45. The van der Waals surface area contributed by atoms with Crippen LogP contribution in [0.15, 0.2) is 0 Å². The van der Waals surface area contributed by atoms with Gasteiger partial charge in [-0.25, -0.2) is 0 Å². The van der Waals surface area contributed by atoms with Crippen molar-refractivity contribution in [3.05, 3.63) is 0 Å². The molecule has 0 aliphatic carbocycles. The van der Waals surface area contributed by atoms with E-state index in [1.54, 1.807) is 7.11 Å². The van der Waals surface area contributed by atoms with E-state index in [-0.39, 0.29) is 0 Å². The highest BCUT2D eigenvalue weighted by atomic mass is 16.5. The lowest BCUT2D eigenvalue weighted by Gasteiger charge is -2.14. The van der Waals surface area contributed by atoms with Gasteiger partial charge >= 0.3 is 5.97 Å². The molecule has 0 radical (unpaired) electrons. The van der Waals surface area contributed by atoms with Crippen LogP contribution in [0.2, 0.25) is 0 Å². The number of carboxylic acids is 1. The fourth-order valence-electron chi connectivity index (χ4n) is 2.11. The molecule has 4 heteroatoms. The van der Waals surface area contributed by atoms with Gasteiger partial charge in [0.15, 0.2) is 0 Å². The van der Waals surface area contributed by atoms with Crippen LogP contribution in [0.25, 0.3) is 0 Å². The second-order valence-corrected chi connectivity index (χ2v) is 4.25. The Balaban J connectivity index is 2.05. The molecule has 88 valence electrons. The van der Waals surface area contributed by atoms with Crippen LogP contribution in [0, 0.1) is 5.92 Å². The Morgan fingerprint density at radius 2 is 2.33 bits per heavy atom. The van der Waals surface area contributed by atoms with Gasteiger partial charge in [0.25, 0.3) is 0 Å². The Morgan fingerprint density at radius 3 is 3.00 bits per heavy atom. The van der Waals surface area contributed by atoms with E-state index >= 15 is 0 Å². The molecular formula is C11H21NO3. The van der Waals surface area contributed by atoms with Crippen LogP contribution in [0.1, 0.15) is 25.7 Å². The van der Waals surface area contributed by atoms with Crippen LogP contribution >= 0.6 is 0 Å². The van der Waals surface area contributed by atoms with Gasteiger partial charge in [0.05, 0.1) is 0 Å². The van der Waals surface area contributed by atoms with E-state index in [1.807, 2.05) is 0 Å². The number of aliphatic carboxylic acids is 1. The van der Waals surface area contributed by atoms with Crippen molar-refractivity contribution in [1.82, 2.24) is 4.90 Å². The Hall–Kier alpha value is -0.610. The quantitative estimate of drug-likeness (QED) is 0.648. The van der Waals surface area contributed by atoms with Crippen LogP contribution in [0.3, 0.4) is 0 Å². The van der Waals surface area contributed by atoms with Crippen LogP contribution in [0.4, 0.5) is 0 Å². The molecular weight excluding hydrogens is 194 g/mol. The lowest BCUT2D eigenvalue weighted by molar-refractivity contribution is -0.138. The lowest BCUT2D eigenvalue weighted by atomic mass is 10.1. The van der Waals surface area contributed by atoms with Crippen molar-refractivity contribution in [1.29, 1.82) is 0 Å². The number of hydrogen-bond acceptors (Lipinski definition) is 3. The molecule has 1 rings (SSSR count). The van der Waals surface area contributed by atoms with Gasteiger partial charge in [-0.2, -0.15) is 0 Å². The van der Waals surface area contributed by atoms with Crippen molar-refractivity contribution >= 4 is 5.97 Å². The molecule has 0 spiro atoms. The first-order chi connectivity index (χ1) is 7.22. The minimum absolute atomic E-state index is 0.328. The lowest BCUT2D eigenvalue weighted by Crippen LogP contribution is -2.22. The number of unbranched alkanes of at least 4 members (excludes halogenated alkanes) is 1. The molecule has 0 aromatic rings. The molecule has 1 heterocycles. The SMILES string of the molecule is COCCCCN1CCC(CC(=O)O)C1. The Kier molecular flexibility index (Phi) is 5.65. The van der Waals surface area contributed by atoms with Crippen molar-refractivity contribution in [2.75, 3.05) is 33.4 Å². The normalized spacial score (nSPS) is 22.1. The highest BCUT2D eigenvalue weighted by Crippen LogP contribution is 2.19. The Labute approximate surface area is 91.2 Å². The first-order valence-corrected chi connectivity index (χ1v) is 5.65. The molecule has 0 bridgehead atoms. The summed E-state index contributed by atoms with van der Waals surface area (Å²) in [5, 5.41) is 8.67. The van der Waals surface area contributed by atoms with E-state index in [0.29, 0.717) is 12.3 Å². The number of carbonyl (C=O) groups is 1. The second-order valence-electron chi connectivity index (χ2n) is 4.25. The van der Waals surface area contributed by atoms with Gasteiger partial charge in [-0.15, -0.1) is 0 Å². The molecule has 0 saturated carbocycles. The summed E-state index contributed by atoms with van der Waals surface area (Å²) in [7, 11) is 1.72. The molecule has 15 heavy (non-hydrogen) atoms. The van der Waals surface area contributed by atoms with Gasteiger partial charge in [0.1, 0.15) is 0 Å². The predicted molar refractivity (Wildman–Crippen MR) is 57.9 cm³/mol. The van der Waals surface area contributed by atoms with E-state index < -0.39 is 5.97 Å². The van der Waals surface area contributed by atoms with Crippen LogP contribution in [0.5, 0.6) is 0 Å². The summed E-state index contributed by atoms with van der Waals surface area (Å²) in [5.74, 6) is -0.300. The fraction of sp³-hybridized carbons (Fsp3) is 0.909. The van der Waals surface area contributed by atoms with Gasteiger partial charge in [0, 0.05) is 26.7 Å². The summed E-state index contributed by atoms with van der Waals surface area (Å²) in [6.45, 7) is 3.93. The highest BCUT2D eigenvalue weighted by molar-refractivity contribution is 5.67. The maximum Gasteiger partial charge on any atom is 0.303 e.